The number of amides is 1. The van der Waals surface area contributed by atoms with Gasteiger partial charge < -0.3 is 25.5 Å². The number of esters is 2. The zero-order valence-corrected chi connectivity index (χ0v) is 19.5. The van der Waals surface area contributed by atoms with Gasteiger partial charge in [0, 0.05) is 15.9 Å². The van der Waals surface area contributed by atoms with Crippen LogP contribution in [0.4, 0.5) is 0 Å². The van der Waals surface area contributed by atoms with Crippen LogP contribution in [0.25, 0.3) is 10.9 Å². The topological polar surface area (TPSA) is 124 Å². The van der Waals surface area contributed by atoms with E-state index in [0.29, 0.717) is 23.6 Å². The van der Waals surface area contributed by atoms with Crippen molar-refractivity contribution < 1.29 is 23.9 Å². The molecule has 0 spiro atoms. The third kappa shape index (κ3) is 5.24. The zero-order chi connectivity index (χ0) is 23.7. The van der Waals surface area contributed by atoms with Crippen LogP contribution in [0.15, 0.2) is 24.3 Å². The summed E-state index contributed by atoms with van der Waals surface area (Å²) >= 11 is 6.03. The van der Waals surface area contributed by atoms with Crippen molar-refractivity contribution in [1.82, 2.24) is 10.3 Å². The number of nitrogens with one attached hydrogen (secondary N) is 2. The van der Waals surface area contributed by atoms with Crippen molar-refractivity contribution >= 4 is 40.3 Å². The maximum Gasteiger partial charge on any atom is 0.328 e. The van der Waals surface area contributed by atoms with Crippen LogP contribution in [0.3, 0.4) is 0 Å². The third-order valence-electron chi connectivity index (χ3n) is 5.54. The van der Waals surface area contributed by atoms with Crippen molar-refractivity contribution in [2.24, 2.45) is 11.7 Å². The molecule has 1 aromatic heterocycles. The second kappa shape index (κ2) is 9.11. The SMILES string of the molecule is CCOC(=O)C1CCC(NC(=O)c2cc3cc(Cl)ccc3[nH]2)C(N)(C(=O)OC(C)(C)C)C1. The first-order valence-corrected chi connectivity index (χ1v) is 11.1. The average molecular weight is 464 g/mol. The summed E-state index contributed by atoms with van der Waals surface area (Å²) in [5.74, 6) is -2.01. The van der Waals surface area contributed by atoms with Crippen LogP contribution in [-0.4, -0.2) is 46.6 Å². The number of ether oxygens (including phenoxy) is 2. The van der Waals surface area contributed by atoms with Crippen molar-refractivity contribution in [3.05, 3.63) is 35.0 Å². The van der Waals surface area contributed by atoms with Gasteiger partial charge in [-0.2, -0.15) is 0 Å². The largest absolute Gasteiger partial charge is 0.466 e. The van der Waals surface area contributed by atoms with E-state index in [0.717, 1.165) is 10.9 Å². The van der Waals surface area contributed by atoms with Gasteiger partial charge in [-0.05, 0) is 71.2 Å². The monoisotopic (exact) mass is 463 g/mol. The van der Waals surface area contributed by atoms with E-state index < -0.39 is 40.9 Å². The standard InChI is InChI=1S/C23H30ClN3O5/c1-5-31-20(29)13-6-9-18(23(25,12-13)21(30)32-22(2,3)4)27-19(28)17-11-14-10-15(24)7-8-16(14)26-17/h7-8,10-11,13,18,26H,5-6,9,12,25H2,1-4H3,(H,27,28). The quantitative estimate of drug-likeness (QED) is 0.584. The second-order valence-electron chi connectivity index (χ2n) is 9.21. The van der Waals surface area contributed by atoms with Gasteiger partial charge in [-0.25, -0.2) is 4.79 Å². The minimum absolute atomic E-state index is 0.0218. The van der Waals surface area contributed by atoms with Crippen LogP contribution in [-0.2, 0) is 19.1 Å². The first-order valence-electron chi connectivity index (χ1n) is 10.7. The molecule has 3 unspecified atom stereocenters. The van der Waals surface area contributed by atoms with Gasteiger partial charge in [-0.3, -0.25) is 9.59 Å². The van der Waals surface area contributed by atoms with Crippen LogP contribution in [0, 0.1) is 5.92 Å². The van der Waals surface area contributed by atoms with Crippen LogP contribution in [0.5, 0.6) is 0 Å². The zero-order valence-electron chi connectivity index (χ0n) is 18.8. The van der Waals surface area contributed by atoms with Gasteiger partial charge in [-0.1, -0.05) is 11.6 Å². The van der Waals surface area contributed by atoms with Gasteiger partial charge in [0.2, 0.25) is 0 Å². The lowest BCUT2D eigenvalue weighted by atomic mass is 9.72. The molecule has 3 rings (SSSR count). The van der Waals surface area contributed by atoms with Crippen LogP contribution in [0.2, 0.25) is 5.02 Å². The fourth-order valence-electron chi connectivity index (χ4n) is 4.00. The lowest BCUT2D eigenvalue weighted by Crippen LogP contribution is -2.67. The molecule has 1 fully saturated rings. The summed E-state index contributed by atoms with van der Waals surface area (Å²) in [7, 11) is 0. The van der Waals surface area contributed by atoms with E-state index in [1.807, 2.05) is 0 Å². The average Bonchev–Trinajstić information content (AvgIpc) is 3.11. The fraction of sp³-hybridized carbons (Fsp3) is 0.522. The van der Waals surface area contributed by atoms with E-state index in [4.69, 9.17) is 26.8 Å². The summed E-state index contributed by atoms with van der Waals surface area (Å²) in [6.07, 6.45) is 0.791. The molecule has 0 saturated heterocycles. The molecule has 1 aromatic carbocycles. The predicted molar refractivity (Wildman–Crippen MR) is 121 cm³/mol. The molecular weight excluding hydrogens is 434 g/mol. The van der Waals surface area contributed by atoms with Gasteiger partial charge in [-0.15, -0.1) is 0 Å². The molecule has 174 valence electrons. The summed E-state index contributed by atoms with van der Waals surface area (Å²) < 4.78 is 10.7. The number of aromatic amines is 1. The Hall–Kier alpha value is -2.58. The van der Waals surface area contributed by atoms with Crippen molar-refractivity contribution in [1.29, 1.82) is 0 Å². The van der Waals surface area contributed by atoms with Crippen molar-refractivity contribution in [3.8, 4) is 0 Å². The van der Waals surface area contributed by atoms with E-state index in [1.54, 1.807) is 52.0 Å². The molecule has 9 heteroatoms. The molecule has 32 heavy (non-hydrogen) atoms. The molecule has 3 atom stereocenters. The van der Waals surface area contributed by atoms with E-state index in [2.05, 4.69) is 10.3 Å². The molecule has 4 N–H and O–H groups in total. The summed E-state index contributed by atoms with van der Waals surface area (Å²) in [5.41, 5.74) is 5.31. The molecule has 1 aliphatic rings. The minimum atomic E-state index is -1.58. The van der Waals surface area contributed by atoms with Gasteiger partial charge in [0.25, 0.3) is 5.91 Å². The second-order valence-corrected chi connectivity index (χ2v) is 9.65. The molecule has 1 heterocycles. The Morgan fingerprint density at radius 2 is 1.97 bits per heavy atom. The smallest absolute Gasteiger partial charge is 0.328 e. The van der Waals surface area contributed by atoms with Crippen LogP contribution in [0.1, 0.15) is 57.4 Å². The Bertz CT molecular complexity index is 1030. The number of hydrogen-bond donors (Lipinski definition) is 3. The molecule has 0 aliphatic heterocycles. The van der Waals surface area contributed by atoms with Gasteiger partial charge in [0.1, 0.15) is 16.8 Å². The Morgan fingerprint density at radius 3 is 2.62 bits per heavy atom. The van der Waals surface area contributed by atoms with Gasteiger partial charge >= 0.3 is 11.9 Å². The van der Waals surface area contributed by atoms with E-state index >= 15 is 0 Å². The van der Waals surface area contributed by atoms with E-state index in [9.17, 15) is 14.4 Å². The van der Waals surface area contributed by atoms with Crippen LogP contribution < -0.4 is 11.1 Å². The Morgan fingerprint density at radius 1 is 1.25 bits per heavy atom. The molecule has 8 nitrogen and oxygen atoms in total. The number of fused-ring (bicyclic) bond motifs is 1. The fourth-order valence-corrected chi connectivity index (χ4v) is 4.18. The number of rotatable bonds is 5. The number of nitrogens with two attached hydrogens (primary N) is 1. The highest BCUT2D eigenvalue weighted by Gasteiger charge is 2.51. The van der Waals surface area contributed by atoms with Crippen molar-refractivity contribution in [2.45, 2.75) is 64.1 Å². The molecular formula is C23H30ClN3O5. The number of benzene rings is 1. The number of halogens is 1. The predicted octanol–water partition coefficient (Wildman–Crippen LogP) is 3.32. The first kappa shape index (κ1) is 24.1. The first-order chi connectivity index (χ1) is 14.9. The highest BCUT2D eigenvalue weighted by Crippen LogP contribution is 2.34. The minimum Gasteiger partial charge on any atom is -0.466 e. The Kier molecular flexibility index (Phi) is 6.86. The maximum absolute atomic E-state index is 13.1. The summed E-state index contributed by atoms with van der Waals surface area (Å²) in [6.45, 7) is 7.18. The summed E-state index contributed by atoms with van der Waals surface area (Å²) in [5, 5.41) is 4.23. The molecule has 0 radical (unpaired) electrons. The molecule has 1 amide bonds. The lowest BCUT2D eigenvalue weighted by molar-refractivity contribution is -0.166. The normalized spacial score (nSPS) is 23.6. The number of carbonyl (C=O) groups is 3. The Labute approximate surface area is 192 Å². The van der Waals surface area contributed by atoms with E-state index in [1.165, 1.54) is 0 Å². The number of aromatic nitrogens is 1. The third-order valence-corrected chi connectivity index (χ3v) is 5.78. The molecule has 2 aromatic rings. The maximum atomic E-state index is 13.1. The van der Waals surface area contributed by atoms with Gasteiger partial charge in [0.15, 0.2) is 0 Å². The highest BCUT2D eigenvalue weighted by molar-refractivity contribution is 6.31. The molecule has 1 aliphatic carbocycles. The number of H-pyrrole nitrogens is 1. The lowest BCUT2D eigenvalue weighted by Gasteiger charge is -2.42. The van der Waals surface area contributed by atoms with Gasteiger partial charge in [0.05, 0.1) is 18.6 Å². The van der Waals surface area contributed by atoms with Crippen molar-refractivity contribution in [3.63, 3.8) is 0 Å². The van der Waals surface area contributed by atoms with Crippen LogP contribution >= 0.6 is 11.6 Å². The Balaban J connectivity index is 1.85. The van der Waals surface area contributed by atoms with E-state index in [-0.39, 0.29) is 13.0 Å². The molecule has 1 saturated carbocycles. The molecule has 0 bridgehead atoms. The number of hydrogen-bond acceptors (Lipinski definition) is 6. The summed E-state index contributed by atoms with van der Waals surface area (Å²) in [6, 6.07) is 6.24. The highest BCUT2D eigenvalue weighted by atomic mass is 35.5. The number of carbonyl (C=O) groups excluding carboxylic acids is 3. The summed E-state index contributed by atoms with van der Waals surface area (Å²) in [4.78, 5) is 41.5. The van der Waals surface area contributed by atoms with Crippen molar-refractivity contribution in [2.75, 3.05) is 6.61 Å².